The molecule has 76 valence electrons. The van der Waals surface area contributed by atoms with Crippen LogP contribution in [0.4, 0.5) is 0 Å². The first-order valence-electron chi connectivity index (χ1n) is 4.22. The van der Waals surface area contributed by atoms with Crippen molar-refractivity contribution in [2.75, 3.05) is 6.54 Å². The van der Waals surface area contributed by atoms with Gasteiger partial charge < -0.3 is 5.11 Å². The smallest absolute Gasteiger partial charge is 0.358 e. The molecule has 1 rings (SSSR count). The van der Waals surface area contributed by atoms with Gasteiger partial charge in [0.2, 0.25) is 5.78 Å². The molecular formula is C9H12N2O3. The molecule has 5 heteroatoms. The fourth-order valence-corrected chi connectivity index (χ4v) is 0.997. The molecule has 0 spiro atoms. The Morgan fingerprint density at radius 3 is 2.43 bits per heavy atom. The maximum absolute atomic E-state index is 11.1. The van der Waals surface area contributed by atoms with E-state index in [0.717, 1.165) is 0 Å². The number of hydrogen-bond donors (Lipinski definition) is 1. The van der Waals surface area contributed by atoms with Gasteiger partial charge in [0, 0.05) is 5.41 Å². The molecule has 0 unspecified atom stereocenters. The van der Waals surface area contributed by atoms with E-state index in [1.807, 2.05) is 20.8 Å². The lowest BCUT2D eigenvalue weighted by molar-refractivity contribution is -0.130. The maximum Gasteiger partial charge on any atom is 0.358 e. The number of nitrogens with zero attached hydrogens (tertiary/aromatic N) is 2. The van der Waals surface area contributed by atoms with Crippen LogP contribution in [-0.4, -0.2) is 35.0 Å². The van der Waals surface area contributed by atoms with Gasteiger partial charge in [0.15, 0.2) is 5.71 Å². The Kier molecular flexibility index (Phi) is 2.51. The number of carbonyl (C=O) groups is 2. The summed E-state index contributed by atoms with van der Waals surface area (Å²) in [6, 6.07) is 0. The number of amidine groups is 1. The normalized spacial score (nSPS) is 17.5. The minimum atomic E-state index is -1.29. The third kappa shape index (κ3) is 2.04. The summed E-state index contributed by atoms with van der Waals surface area (Å²) >= 11 is 0. The topological polar surface area (TPSA) is 79.1 Å². The summed E-state index contributed by atoms with van der Waals surface area (Å²) in [5.74, 6) is -1.41. The molecule has 1 heterocycles. The van der Waals surface area contributed by atoms with Gasteiger partial charge in [0.25, 0.3) is 0 Å². The summed E-state index contributed by atoms with van der Waals surface area (Å²) in [5.41, 5.74) is -0.744. The number of aliphatic imine (C=N–C) groups is 2. The predicted molar refractivity (Wildman–Crippen MR) is 51.8 cm³/mol. The van der Waals surface area contributed by atoms with Crippen molar-refractivity contribution < 1.29 is 14.7 Å². The SMILES string of the molecule is CC(C)(C)C1=NCC(=O)C(C(=O)O)=N1. The molecule has 0 aromatic carbocycles. The van der Waals surface area contributed by atoms with Gasteiger partial charge in [0.1, 0.15) is 12.4 Å². The zero-order valence-corrected chi connectivity index (χ0v) is 8.37. The average Bonchev–Trinajstić information content (AvgIpc) is 2.02. The zero-order valence-electron chi connectivity index (χ0n) is 8.37. The van der Waals surface area contributed by atoms with Gasteiger partial charge in [-0.2, -0.15) is 0 Å². The van der Waals surface area contributed by atoms with Gasteiger partial charge >= 0.3 is 5.97 Å². The molecule has 0 amide bonds. The fraction of sp³-hybridized carbons (Fsp3) is 0.556. The molecule has 0 saturated carbocycles. The summed E-state index contributed by atoms with van der Waals surface area (Å²) in [6.07, 6.45) is 0. The number of carbonyl (C=O) groups excluding carboxylic acids is 1. The molecule has 0 atom stereocenters. The number of carboxylic acid groups (broad SMARTS) is 1. The van der Waals surface area contributed by atoms with Crippen LogP contribution in [0.2, 0.25) is 0 Å². The van der Waals surface area contributed by atoms with E-state index in [4.69, 9.17) is 5.11 Å². The molecule has 0 fully saturated rings. The number of aliphatic carboxylic acids is 1. The highest BCUT2D eigenvalue weighted by molar-refractivity contribution is 6.66. The predicted octanol–water partition coefficient (Wildman–Crippen LogP) is 0.539. The van der Waals surface area contributed by atoms with Crippen molar-refractivity contribution in [3.63, 3.8) is 0 Å². The van der Waals surface area contributed by atoms with Gasteiger partial charge in [-0.1, -0.05) is 20.8 Å². The van der Waals surface area contributed by atoms with Gasteiger partial charge in [-0.15, -0.1) is 0 Å². The Morgan fingerprint density at radius 2 is 2.00 bits per heavy atom. The van der Waals surface area contributed by atoms with E-state index in [1.54, 1.807) is 0 Å². The molecule has 14 heavy (non-hydrogen) atoms. The second kappa shape index (κ2) is 3.32. The third-order valence-electron chi connectivity index (χ3n) is 1.73. The van der Waals surface area contributed by atoms with E-state index < -0.39 is 17.5 Å². The van der Waals surface area contributed by atoms with Crippen LogP contribution in [0.25, 0.3) is 0 Å². The van der Waals surface area contributed by atoms with Crippen LogP contribution in [0.1, 0.15) is 20.8 Å². The molecule has 1 aliphatic heterocycles. The van der Waals surface area contributed by atoms with Gasteiger partial charge in [-0.3, -0.25) is 9.79 Å². The number of Topliss-reactive ketones (excluding diaryl/α,β-unsaturated/α-hetero) is 1. The molecular weight excluding hydrogens is 184 g/mol. The number of hydrogen-bond acceptors (Lipinski definition) is 4. The van der Waals surface area contributed by atoms with E-state index in [0.29, 0.717) is 5.84 Å². The molecule has 0 aliphatic carbocycles. The molecule has 1 aliphatic rings. The first-order chi connectivity index (χ1) is 6.32. The molecule has 0 radical (unpaired) electrons. The largest absolute Gasteiger partial charge is 0.476 e. The Morgan fingerprint density at radius 1 is 1.43 bits per heavy atom. The number of ketones is 1. The van der Waals surface area contributed by atoms with Crippen molar-refractivity contribution in [2.45, 2.75) is 20.8 Å². The summed E-state index contributed by atoms with van der Waals surface area (Å²) < 4.78 is 0. The first kappa shape index (κ1) is 10.6. The second-order valence-electron chi connectivity index (χ2n) is 4.08. The van der Waals surface area contributed by atoms with Crippen LogP contribution >= 0.6 is 0 Å². The molecule has 0 bridgehead atoms. The lowest BCUT2D eigenvalue weighted by atomic mass is 9.94. The van der Waals surface area contributed by atoms with E-state index in [9.17, 15) is 9.59 Å². The van der Waals surface area contributed by atoms with Crippen LogP contribution in [0.5, 0.6) is 0 Å². The Hall–Kier alpha value is -1.52. The lowest BCUT2D eigenvalue weighted by Crippen LogP contribution is -2.34. The highest BCUT2D eigenvalue weighted by atomic mass is 16.4. The summed E-state index contributed by atoms with van der Waals surface area (Å²) in [5, 5.41) is 8.69. The van der Waals surface area contributed by atoms with E-state index >= 15 is 0 Å². The lowest BCUT2D eigenvalue weighted by Gasteiger charge is -2.20. The highest BCUT2D eigenvalue weighted by Crippen LogP contribution is 2.19. The van der Waals surface area contributed by atoms with Gasteiger partial charge in [-0.05, 0) is 0 Å². The molecule has 0 aromatic heterocycles. The average molecular weight is 196 g/mol. The summed E-state index contributed by atoms with van der Waals surface area (Å²) in [4.78, 5) is 29.4. The summed E-state index contributed by atoms with van der Waals surface area (Å²) in [7, 11) is 0. The Labute approximate surface area is 81.6 Å². The van der Waals surface area contributed by atoms with Crippen molar-refractivity contribution >= 4 is 23.3 Å². The van der Waals surface area contributed by atoms with Crippen molar-refractivity contribution in [3.8, 4) is 0 Å². The van der Waals surface area contributed by atoms with E-state index in [1.165, 1.54) is 0 Å². The fourth-order valence-electron chi connectivity index (χ4n) is 0.997. The number of rotatable bonds is 1. The van der Waals surface area contributed by atoms with Crippen LogP contribution in [0.3, 0.4) is 0 Å². The van der Waals surface area contributed by atoms with Gasteiger partial charge in [0.05, 0.1) is 0 Å². The second-order valence-corrected chi connectivity index (χ2v) is 4.08. The van der Waals surface area contributed by atoms with Crippen molar-refractivity contribution in [2.24, 2.45) is 15.4 Å². The molecule has 5 nitrogen and oxygen atoms in total. The van der Waals surface area contributed by atoms with Crippen molar-refractivity contribution in [1.29, 1.82) is 0 Å². The number of carboxylic acids is 1. The van der Waals surface area contributed by atoms with Crippen LogP contribution in [0.15, 0.2) is 9.98 Å². The molecule has 1 N–H and O–H groups in total. The quantitative estimate of drug-likeness (QED) is 0.664. The van der Waals surface area contributed by atoms with Crippen molar-refractivity contribution in [1.82, 2.24) is 0 Å². The zero-order chi connectivity index (χ0) is 10.9. The molecule has 0 aromatic rings. The van der Waals surface area contributed by atoms with E-state index in [2.05, 4.69) is 9.98 Å². The first-order valence-corrected chi connectivity index (χ1v) is 4.22. The maximum atomic E-state index is 11.1. The van der Waals surface area contributed by atoms with Gasteiger partial charge in [-0.25, -0.2) is 9.79 Å². The minimum absolute atomic E-state index is 0.113. The standard InChI is InChI=1S/C9H12N2O3/c1-9(2,3)8-10-4-5(12)6(11-8)7(13)14/h4H2,1-3H3,(H,13,14). The highest BCUT2D eigenvalue weighted by Gasteiger charge is 2.28. The Balaban J connectivity index is 3.07. The van der Waals surface area contributed by atoms with Crippen LogP contribution in [-0.2, 0) is 9.59 Å². The Bertz CT molecular complexity index is 348. The van der Waals surface area contributed by atoms with E-state index in [-0.39, 0.29) is 12.0 Å². The minimum Gasteiger partial charge on any atom is -0.476 e. The van der Waals surface area contributed by atoms with Crippen LogP contribution in [0, 0.1) is 5.41 Å². The molecule has 0 saturated heterocycles. The third-order valence-corrected chi connectivity index (χ3v) is 1.73. The summed E-state index contributed by atoms with van der Waals surface area (Å²) in [6.45, 7) is 5.48. The van der Waals surface area contributed by atoms with Crippen molar-refractivity contribution in [3.05, 3.63) is 0 Å². The monoisotopic (exact) mass is 196 g/mol. The van der Waals surface area contributed by atoms with Crippen LogP contribution < -0.4 is 0 Å².